The van der Waals surface area contributed by atoms with Crippen molar-refractivity contribution in [3.63, 3.8) is 0 Å². The van der Waals surface area contributed by atoms with Gasteiger partial charge in [0, 0.05) is 16.3 Å². The lowest BCUT2D eigenvalue weighted by Crippen LogP contribution is -2.14. The predicted octanol–water partition coefficient (Wildman–Crippen LogP) is 4.73. The number of amides is 1. The molecule has 0 radical (unpaired) electrons. The molecule has 1 aromatic heterocycles. The Morgan fingerprint density at radius 2 is 1.89 bits per heavy atom. The van der Waals surface area contributed by atoms with Crippen LogP contribution in [0.15, 0.2) is 45.8 Å². The zero-order valence-corrected chi connectivity index (χ0v) is 16.7. The zero-order chi connectivity index (χ0) is 20.0. The lowest BCUT2D eigenvalue weighted by molar-refractivity contribution is -0.138. The summed E-state index contributed by atoms with van der Waals surface area (Å²) in [5, 5.41) is 2.59. The van der Waals surface area contributed by atoms with Crippen molar-refractivity contribution in [2.75, 3.05) is 11.6 Å². The first-order valence-electron chi connectivity index (χ1n) is 7.24. The van der Waals surface area contributed by atoms with E-state index in [4.69, 9.17) is 0 Å². The molecule has 0 aliphatic carbocycles. The van der Waals surface area contributed by atoms with Crippen molar-refractivity contribution in [1.82, 2.24) is 4.98 Å². The molecule has 1 amide bonds. The highest BCUT2D eigenvalue weighted by Gasteiger charge is 2.33. The molecule has 0 bridgehead atoms. The molecule has 1 heterocycles. The number of thiazole rings is 1. The van der Waals surface area contributed by atoms with Gasteiger partial charge in [0.2, 0.25) is 0 Å². The van der Waals surface area contributed by atoms with E-state index in [0.717, 1.165) is 29.7 Å². The van der Waals surface area contributed by atoms with E-state index in [2.05, 4.69) is 26.2 Å². The molecule has 2 aromatic carbocycles. The van der Waals surface area contributed by atoms with Crippen molar-refractivity contribution in [2.24, 2.45) is 0 Å². The average molecular weight is 479 g/mol. The van der Waals surface area contributed by atoms with Gasteiger partial charge in [0.05, 0.1) is 20.7 Å². The van der Waals surface area contributed by atoms with Crippen molar-refractivity contribution in [3.8, 4) is 0 Å². The summed E-state index contributed by atoms with van der Waals surface area (Å²) in [6.45, 7) is 0. The molecular weight excluding hydrogens is 469 g/mol. The quantitative estimate of drug-likeness (QED) is 0.590. The third-order valence-electron chi connectivity index (χ3n) is 3.54. The number of fused-ring (bicyclic) bond motifs is 1. The van der Waals surface area contributed by atoms with E-state index in [-0.39, 0.29) is 20.1 Å². The second-order valence-electron chi connectivity index (χ2n) is 5.57. The van der Waals surface area contributed by atoms with Gasteiger partial charge in [-0.05, 0) is 36.4 Å². The molecule has 3 rings (SSSR count). The average Bonchev–Trinajstić information content (AvgIpc) is 2.94. The van der Waals surface area contributed by atoms with Crippen LogP contribution in [0.4, 0.5) is 18.3 Å². The second kappa shape index (κ2) is 6.88. The van der Waals surface area contributed by atoms with E-state index < -0.39 is 27.5 Å². The number of sulfone groups is 1. The number of rotatable bonds is 3. The Balaban J connectivity index is 1.90. The molecule has 0 aliphatic heterocycles. The lowest BCUT2D eigenvalue weighted by Gasteiger charge is -2.10. The van der Waals surface area contributed by atoms with Crippen molar-refractivity contribution in [1.29, 1.82) is 0 Å². The van der Waals surface area contributed by atoms with Gasteiger partial charge >= 0.3 is 6.18 Å². The molecule has 142 valence electrons. The van der Waals surface area contributed by atoms with Gasteiger partial charge in [0.25, 0.3) is 5.91 Å². The number of hydrogen-bond acceptors (Lipinski definition) is 5. The minimum absolute atomic E-state index is 0.110. The van der Waals surface area contributed by atoms with E-state index in [1.54, 1.807) is 0 Å². The maximum absolute atomic E-state index is 13.0. The van der Waals surface area contributed by atoms with Crippen LogP contribution in [0.5, 0.6) is 0 Å². The standard InChI is InChI=1S/C16H10BrF3N2O3S2/c1-27(24,25)9-3-5-12-13(7-9)26-15(21-12)22-14(23)8-2-4-11(17)10(6-8)16(18,19)20/h2-7H,1H3,(H,21,22,23). The molecule has 11 heteroatoms. The summed E-state index contributed by atoms with van der Waals surface area (Å²) in [6, 6.07) is 7.47. The highest BCUT2D eigenvalue weighted by Crippen LogP contribution is 2.35. The maximum Gasteiger partial charge on any atom is 0.417 e. The van der Waals surface area contributed by atoms with Gasteiger partial charge in [-0.2, -0.15) is 13.2 Å². The van der Waals surface area contributed by atoms with Crippen LogP contribution in [0.2, 0.25) is 0 Å². The third kappa shape index (κ3) is 4.30. The van der Waals surface area contributed by atoms with Gasteiger partial charge in [-0.25, -0.2) is 13.4 Å². The minimum atomic E-state index is -4.60. The van der Waals surface area contributed by atoms with Crippen LogP contribution >= 0.6 is 27.3 Å². The Morgan fingerprint density at radius 1 is 1.19 bits per heavy atom. The molecule has 27 heavy (non-hydrogen) atoms. The summed E-state index contributed by atoms with van der Waals surface area (Å²) in [4.78, 5) is 16.5. The Kier molecular flexibility index (Phi) is 5.04. The summed E-state index contributed by atoms with van der Waals surface area (Å²) >= 11 is 3.84. The maximum atomic E-state index is 13.0. The van der Waals surface area contributed by atoms with Crippen LogP contribution in [-0.2, 0) is 16.0 Å². The number of halogens is 4. The number of aromatic nitrogens is 1. The molecule has 0 saturated heterocycles. The topological polar surface area (TPSA) is 76.1 Å². The summed E-state index contributed by atoms with van der Waals surface area (Å²) < 4.78 is 62.5. The fourth-order valence-corrected chi connectivity index (χ4v) is 4.34. The highest BCUT2D eigenvalue weighted by atomic mass is 79.9. The Bertz CT molecular complexity index is 1160. The molecular formula is C16H10BrF3N2O3S2. The number of alkyl halides is 3. The molecule has 0 spiro atoms. The number of nitrogens with one attached hydrogen (secondary N) is 1. The Hall–Kier alpha value is -1.98. The van der Waals surface area contributed by atoms with Gasteiger partial charge in [0.1, 0.15) is 0 Å². The monoisotopic (exact) mass is 478 g/mol. The summed E-state index contributed by atoms with van der Waals surface area (Å²) in [7, 11) is -3.39. The van der Waals surface area contributed by atoms with E-state index in [1.165, 1.54) is 24.3 Å². The Morgan fingerprint density at radius 3 is 2.52 bits per heavy atom. The fourth-order valence-electron chi connectivity index (χ4n) is 2.24. The van der Waals surface area contributed by atoms with Crippen LogP contribution in [0.25, 0.3) is 10.2 Å². The predicted molar refractivity (Wildman–Crippen MR) is 99.8 cm³/mol. The normalized spacial score (nSPS) is 12.3. The number of carbonyl (C=O) groups is 1. The number of benzene rings is 2. The van der Waals surface area contributed by atoms with Gasteiger partial charge in [-0.15, -0.1) is 0 Å². The number of nitrogens with zero attached hydrogens (tertiary/aromatic N) is 1. The summed E-state index contributed by atoms with van der Waals surface area (Å²) in [5.41, 5.74) is -0.673. The third-order valence-corrected chi connectivity index (χ3v) is 6.28. The van der Waals surface area contributed by atoms with Crippen LogP contribution < -0.4 is 5.32 Å². The first-order valence-corrected chi connectivity index (χ1v) is 10.7. The largest absolute Gasteiger partial charge is 0.417 e. The molecule has 0 fully saturated rings. The SMILES string of the molecule is CS(=O)(=O)c1ccc2nc(NC(=O)c3ccc(Br)c(C(F)(F)F)c3)sc2c1. The van der Waals surface area contributed by atoms with Crippen LogP contribution in [0.1, 0.15) is 15.9 Å². The van der Waals surface area contributed by atoms with E-state index in [0.29, 0.717) is 10.2 Å². The zero-order valence-electron chi connectivity index (χ0n) is 13.5. The van der Waals surface area contributed by atoms with Crippen molar-refractivity contribution in [2.45, 2.75) is 11.1 Å². The van der Waals surface area contributed by atoms with Gasteiger partial charge in [-0.1, -0.05) is 27.3 Å². The van der Waals surface area contributed by atoms with Gasteiger partial charge in [-0.3, -0.25) is 10.1 Å². The van der Waals surface area contributed by atoms with Crippen molar-refractivity contribution < 1.29 is 26.4 Å². The first kappa shape index (κ1) is 19.8. The van der Waals surface area contributed by atoms with E-state index >= 15 is 0 Å². The van der Waals surface area contributed by atoms with Crippen LogP contribution in [-0.4, -0.2) is 25.6 Å². The summed E-state index contributed by atoms with van der Waals surface area (Å²) in [6.07, 6.45) is -3.53. The van der Waals surface area contributed by atoms with E-state index in [1.807, 2.05) is 0 Å². The molecule has 0 unspecified atom stereocenters. The molecule has 5 nitrogen and oxygen atoms in total. The van der Waals surface area contributed by atoms with Crippen LogP contribution in [0.3, 0.4) is 0 Å². The van der Waals surface area contributed by atoms with Gasteiger partial charge < -0.3 is 0 Å². The smallest absolute Gasteiger partial charge is 0.298 e. The molecule has 3 aromatic rings. The van der Waals surface area contributed by atoms with Crippen molar-refractivity contribution >= 4 is 58.4 Å². The van der Waals surface area contributed by atoms with Crippen LogP contribution in [0, 0.1) is 0 Å². The molecule has 0 aliphatic rings. The first-order chi connectivity index (χ1) is 12.4. The van der Waals surface area contributed by atoms with Gasteiger partial charge in [0.15, 0.2) is 15.0 Å². The highest BCUT2D eigenvalue weighted by molar-refractivity contribution is 9.10. The second-order valence-corrected chi connectivity index (χ2v) is 9.47. The minimum Gasteiger partial charge on any atom is -0.298 e. The Labute approximate surface area is 164 Å². The number of anilines is 1. The molecule has 0 atom stereocenters. The molecule has 1 N–H and O–H groups in total. The van der Waals surface area contributed by atoms with Crippen molar-refractivity contribution in [3.05, 3.63) is 52.0 Å². The molecule has 0 saturated carbocycles. The number of hydrogen-bond donors (Lipinski definition) is 1. The fraction of sp³-hybridized carbons (Fsp3) is 0.125. The lowest BCUT2D eigenvalue weighted by atomic mass is 10.1. The number of carbonyl (C=O) groups excluding carboxylic acids is 1. The van der Waals surface area contributed by atoms with E-state index in [9.17, 15) is 26.4 Å². The summed E-state index contributed by atoms with van der Waals surface area (Å²) in [5.74, 6) is -0.754.